The molecule has 2 aromatic rings. The van der Waals surface area contributed by atoms with E-state index < -0.39 is 16.1 Å². The molecule has 0 radical (unpaired) electrons. The number of aliphatic imine (C=N–C) groups is 1. The lowest BCUT2D eigenvalue weighted by Gasteiger charge is -2.26. The third-order valence-electron chi connectivity index (χ3n) is 6.04. The van der Waals surface area contributed by atoms with Crippen LogP contribution in [0.15, 0.2) is 58.4 Å². The summed E-state index contributed by atoms with van der Waals surface area (Å²) in [6.45, 7) is 7.28. The standard InChI is InChI=1S/C24H29FN4O3S/c1-17(2)22(26-23-20-6-3-4-7-21(20)33(31,32)27-23)24(30)29-13-5-12-28(14-15-29)16-18-8-10-19(25)11-9-18/h3-4,6-11,17,22H,5,12-16H2,1-2H3,(H,26,27)/t22-/m0/s1. The number of rotatable bonds is 5. The normalized spacial score (nSPS) is 20.4. The highest BCUT2D eigenvalue weighted by atomic mass is 32.2. The van der Waals surface area contributed by atoms with Gasteiger partial charge in [-0.25, -0.2) is 12.8 Å². The molecular weight excluding hydrogens is 443 g/mol. The molecule has 1 amide bonds. The highest BCUT2D eigenvalue weighted by molar-refractivity contribution is 7.90. The number of sulfonamides is 1. The van der Waals surface area contributed by atoms with E-state index in [0.29, 0.717) is 31.7 Å². The zero-order valence-electron chi connectivity index (χ0n) is 18.9. The fraction of sp³-hybridized carbons (Fsp3) is 0.417. The van der Waals surface area contributed by atoms with E-state index in [9.17, 15) is 17.6 Å². The smallest absolute Gasteiger partial charge is 0.263 e. The molecule has 1 fully saturated rings. The Morgan fingerprint density at radius 3 is 2.52 bits per heavy atom. The molecule has 0 spiro atoms. The number of amides is 1. The Morgan fingerprint density at radius 1 is 1.06 bits per heavy atom. The zero-order valence-corrected chi connectivity index (χ0v) is 19.7. The first-order valence-electron chi connectivity index (χ1n) is 11.2. The second-order valence-corrected chi connectivity index (χ2v) is 10.5. The van der Waals surface area contributed by atoms with E-state index in [1.807, 2.05) is 18.7 Å². The number of amidine groups is 1. The van der Waals surface area contributed by atoms with Crippen molar-refractivity contribution in [2.45, 2.75) is 37.8 Å². The average Bonchev–Trinajstić information content (AvgIpc) is 2.92. The van der Waals surface area contributed by atoms with E-state index in [1.165, 1.54) is 18.2 Å². The van der Waals surface area contributed by atoms with Gasteiger partial charge in [0.1, 0.15) is 17.7 Å². The molecule has 7 nitrogen and oxygen atoms in total. The van der Waals surface area contributed by atoms with Crippen molar-refractivity contribution < 1.29 is 17.6 Å². The van der Waals surface area contributed by atoms with Crippen LogP contribution in [0, 0.1) is 11.7 Å². The van der Waals surface area contributed by atoms with E-state index in [1.54, 1.807) is 30.3 Å². The van der Waals surface area contributed by atoms with E-state index in [-0.39, 0.29) is 28.4 Å². The van der Waals surface area contributed by atoms with Crippen molar-refractivity contribution in [1.29, 1.82) is 0 Å². The largest absolute Gasteiger partial charge is 0.340 e. The van der Waals surface area contributed by atoms with Gasteiger partial charge in [-0.2, -0.15) is 0 Å². The van der Waals surface area contributed by atoms with Gasteiger partial charge in [0.2, 0.25) is 5.91 Å². The summed E-state index contributed by atoms with van der Waals surface area (Å²) < 4.78 is 40.5. The minimum Gasteiger partial charge on any atom is -0.340 e. The van der Waals surface area contributed by atoms with Crippen LogP contribution in [0.2, 0.25) is 0 Å². The molecular formula is C24H29FN4O3S. The highest BCUT2D eigenvalue weighted by Crippen LogP contribution is 2.24. The van der Waals surface area contributed by atoms with Crippen molar-refractivity contribution >= 4 is 21.8 Å². The first-order valence-corrected chi connectivity index (χ1v) is 12.7. The summed E-state index contributed by atoms with van der Waals surface area (Å²) in [5.41, 5.74) is 1.53. The number of benzene rings is 2. The number of halogens is 1. The predicted molar refractivity (Wildman–Crippen MR) is 125 cm³/mol. The maximum atomic E-state index is 13.4. The minimum absolute atomic E-state index is 0.0929. The Labute approximate surface area is 194 Å². The molecule has 9 heteroatoms. The molecule has 2 aliphatic heterocycles. The van der Waals surface area contributed by atoms with Crippen LogP contribution in [-0.4, -0.2) is 62.2 Å². The summed E-state index contributed by atoms with van der Waals surface area (Å²) in [5.74, 6) is -0.212. The summed E-state index contributed by atoms with van der Waals surface area (Å²) in [6, 6.07) is 12.5. The van der Waals surface area contributed by atoms with Crippen molar-refractivity contribution in [3.8, 4) is 0 Å². The topological polar surface area (TPSA) is 82.1 Å². The van der Waals surface area contributed by atoms with Gasteiger partial charge in [-0.05, 0) is 42.2 Å². The first kappa shape index (κ1) is 23.4. The lowest BCUT2D eigenvalue weighted by Crippen LogP contribution is -2.43. The fourth-order valence-corrected chi connectivity index (χ4v) is 5.48. The molecule has 2 aromatic carbocycles. The van der Waals surface area contributed by atoms with E-state index in [2.05, 4.69) is 14.6 Å². The molecule has 176 valence electrons. The van der Waals surface area contributed by atoms with Crippen molar-refractivity contribution in [3.63, 3.8) is 0 Å². The number of nitrogens with one attached hydrogen (secondary N) is 1. The predicted octanol–water partition coefficient (Wildman–Crippen LogP) is 2.62. The molecule has 4 rings (SSSR count). The van der Waals surface area contributed by atoms with Gasteiger partial charge in [0, 0.05) is 38.3 Å². The Hall–Kier alpha value is -2.78. The Morgan fingerprint density at radius 2 is 1.79 bits per heavy atom. The van der Waals surface area contributed by atoms with Gasteiger partial charge in [-0.3, -0.25) is 19.4 Å². The maximum Gasteiger partial charge on any atom is 0.263 e. The second-order valence-electron chi connectivity index (χ2n) is 8.85. The SMILES string of the molecule is CC(C)[C@H](N=C1NS(=O)(=O)c2ccccc21)C(=O)N1CCCN(Cc2ccc(F)cc2)CC1. The quantitative estimate of drug-likeness (QED) is 0.725. The summed E-state index contributed by atoms with van der Waals surface area (Å²) >= 11 is 0. The minimum atomic E-state index is -3.66. The Kier molecular flexibility index (Phi) is 6.81. The van der Waals surface area contributed by atoms with Crippen LogP contribution in [0.25, 0.3) is 0 Å². The Balaban J connectivity index is 1.48. The first-order chi connectivity index (χ1) is 15.7. The fourth-order valence-electron chi connectivity index (χ4n) is 4.24. The van der Waals surface area contributed by atoms with Gasteiger partial charge in [0.05, 0.1) is 4.90 Å². The molecule has 0 aliphatic carbocycles. The molecule has 0 aromatic heterocycles. The molecule has 1 N–H and O–H groups in total. The molecule has 0 saturated carbocycles. The van der Waals surface area contributed by atoms with Crippen molar-refractivity contribution in [2.24, 2.45) is 10.9 Å². The lowest BCUT2D eigenvalue weighted by atomic mass is 10.0. The third-order valence-corrected chi connectivity index (χ3v) is 7.43. The van der Waals surface area contributed by atoms with Crippen LogP contribution >= 0.6 is 0 Å². The summed E-state index contributed by atoms with van der Waals surface area (Å²) in [7, 11) is -3.66. The third kappa shape index (κ3) is 5.25. The second kappa shape index (κ2) is 9.61. The number of hydrogen-bond acceptors (Lipinski definition) is 5. The summed E-state index contributed by atoms with van der Waals surface area (Å²) in [5, 5.41) is 0. The van der Waals surface area contributed by atoms with Gasteiger partial charge < -0.3 is 4.90 Å². The van der Waals surface area contributed by atoms with Crippen molar-refractivity contribution in [1.82, 2.24) is 14.5 Å². The molecule has 0 bridgehead atoms. The molecule has 1 saturated heterocycles. The number of carbonyl (C=O) groups is 1. The van der Waals surface area contributed by atoms with Gasteiger partial charge in [-0.15, -0.1) is 0 Å². The molecule has 33 heavy (non-hydrogen) atoms. The van der Waals surface area contributed by atoms with Crippen LogP contribution in [0.1, 0.15) is 31.4 Å². The van der Waals surface area contributed by atoms with Crippen LogP contribution in [0.5, 0.6) is 0 Å². The van der Waals surface area contributed by atoms with Crippen LogP contribution in [-0.2, 0) is 21.4 Å². The Bertz CT molecular complexity index is 1150. The van der Waals surface area contributed by atoms with Gasteiger partial charge in [0.25, 0.3) is 10.0 Å². The van der Waals surface area contributed by atoms with Gasteiger partial charge in [-0.1, -0.05) is 38.1 Å². The number of fused-ring (bicyclic) bond motifs is 1. The van der Waals surface area contributed by atoms with E-state index >= 15 is 0 Å². The van der Waals surface area contributed by atoms with Gasteiger partial charge in [0.15, 0.2) is 0 Å². The highest BCUT2D eigenvalue weighted by Gasteiger charge is 2.34. The average molecular weight is 473 g/mol. The summed E-state index contributed by atoms with van der Waals surface area (Å²) in [6.07, 6.45) is 0.823. The maximum absolute atomic E-state index is 13.4. The summed E-state index contributed by atoms with van der Waals surface area (Å²) in [4.78, 5) is 22.3. The number of nitrogens with zero attached hydrogens (tertiary/aromatic N) is 3. The molecule has 0 unspecified atom stereocenters. The van der Waals surface area contributed by atoms with Gasteiger partial charge >= 0.3 is 0 Å². The molecule has 2 heterocycles. The van der Waals surface area contributed by atoms with Crippen LogP contribution < -0.4 is 4.72 Å². The molecule has 1 atom stereocenters. The lowest BCUT2D eigenvalue weighted by molar-refractivity contribution is -0.133. The van der Waals surface area contributed by atoms with E-state index in [0.717, 1.165) is 18.5 Å². The number of hydrogen-bond donors (Lipinski definition) is 1. The zero-order chi connectivity index (χ0) is 23.6. The van der Waals surface area contributed by atoms with Crippen LogP contribution in [0.3, 0.4) is 0 Å². The number of carbonyl (C=O) groups excluding carboxylic acids is 1. The van der Waals surface area contributed by atoms with Crippen molar-refractivity contribution in [3.05, 3.63) is 65.5 Å². The monoisotopic (exact) mass is 472 g/mol. The van der Waals surface area contributed by atoms with Crippen LogP contribution in [0.4, 0.5) is 4.39 Å². The molecule has 2 aliphatic rings. The van der Waals surface area contributed by atoms with E-state index in [4.69, 9.17) is 0 Å². The van der Waals surface area contributed by atoms with Crippen molar-refractivity contribution in [2.75, 3.05) is 26.2 Å².